The quantitative estimate of drug-likeness (QED) is 0.669. The lowest BCUT2D eigenvalue weighted by Crippen LogP contribution is -2.33. The van der Waals surface area contributed by atoms with Gasteiger partial charge in [-0.2, -0.15) is 5.10 Å². The van der Waals surface area contributed by atoms with Crippen molar-refractivity contribution in [1.29, 1.82) is 0 Å². The topological polar surface area (TPSA) is 102 Å². The van der Waals surface area contributed by atoms with Gasteiger partial charge in [0.05, 0.1) is 11.9 Å². The zero-order valence-corrected chi connectivity index (χ0v) is 12.5. The van der Waals surface area contributed by atoms with E-state index in [-0.39, 0.29) is 5.56 Å². The summed E-state index contributed by atoms with van der Waals surface area (Å²) in [5, 5.41) is 9.53. The normalized spacial score (nSPS) is 10.5. The largest absolute Gasteiger partial charge is 0.381 e. The summed E-state index contributed by atoms with van der Waals surface area (Å²) in [4.78, 5) is 22.5. The number of aromatic nitrogens is 2. The smallest absolute Gasteiger partial charge is 0.312 e. The average molecular weight is 332 g/mol. The lowest BCUT2D eigenvalue weighted by atomic mass is 10.2. The number of rotatable bonds is 6. The van der Waals surface area contributed by atoms with Crippen LogP contribution in [0.15, 0.2) is 15.5 Å². The van der Waals surface area contributed by atoms with Crippen LogP contribution in [-0.4, -0.2) is 28.9 Å². The maximum atomic E-state index is 12.0. The van der Waals surface area contributed by atoms with E-state index < -0.39 is 6.03 Å². The molecule has 2 amide bonds. The van der Waals surface area contributed by atoms with Gasteiger partial charge in [0.1, 0.15) is 4.47 Å². The molecule has 0 fully saturated rings. The number of hydrogen-bond donors (Lipinski definition) is 3. The highest BCUT2D eigenvalue weighted by molar-refractivity contribution is 9.10. The van der Waals surface area contributed by atoms with Crippen LogP contribution < -0.4 is 21.9 Å². The fourth-order valence-electron chi connectivity index (χ4n) is 1.45. The van der Waals surface area contributed by atoms with Crippen LogP contribution in [0.3, 0.4) is 0 Å². The van der Waals surface area contributed by atoms with Gasteiger partial charge in [-0.1, -0.05) is 13.8 Å². The number of anilines is 1. The number of halogens is 1. The first-order valence-electron chi connectivity index (χ1n) is 5.94. The van der Waals surface area contributed by atoms with Crippen molar-refractivity contribution in [3.63, 3.8) is 0 Å². The molecule has 0 saturated carbocycles. The minimum atomic E-state index is -0.577. The Kier molecular flexibility index (Phi) is 5.81. The standard InChI is InChI=1S/C11H18BrN5O2/c1-7(2)6-17-10(18)9(12)8(5-16-17)14-3-4-15-11(13)19/h5,7,14H,3-4,6H2,1-2H3,(H3,13,15,19). The van der Waals surface area contributed by atoms with E-state index in [1.54, 1.807) is 6.20 Å². The molecular weight excluding hydrogens is 314 g/mol. The number of urea groups is 1. The van der Waals surface area contributed by atoms with E-state index in [4.69, 9.17) is 5.73 Å². The predicted molar refractivity (Wildman–Crippen MR) is 77.1 cm³/mol. The summed E-state index contributed by atoms with van der Waals surface area (Å²) in [6.45, 7) is 5.43. The average Bonchev–Trinajstić information content (AvgIpc) is 2.32. The highest BCUT2D eigenvalue weighted by Crippen LogP contribution is 2.15. The number of amides is 2. The number of nitrogens with zero attached hydrogens (tertiary/aromatic N) is 2. The second kappa shape index (κ2) is 7.13. The van der Waals surface area contributed by atoms with Crippen LogP contribution in [0.2, 0.25) is 0 Å². The fraction of sp³-hybridized carbons (Fsp3) is 0.545. The Morgan fingerprint density at radius 3 is 2.79 bits per heavy atom. The van der Waals surface area contributed by atoms with Gasteiger partial charge in [-0.3, -0.25) is 4.79 Å². The van der Waals surface area contributed by atoms with Crippen LogP contribution >= 0.6 is 15.9 Å². The molecule has 1 rings (SSSR count). The molecule has 106 valence electrons. The zero-order chi connectivity index (χ0) is 14.4. The lowest BCUT2D eigenvalue weighted by Gasteiger charge is -2.11. The summed E-state index contributed by atoms with van der Waals surface area (Å²) in [7, 11) is 0. The Labute approximate surface area is 119 Å². The number of hydrogen-bond acceptors (Lipinski definition) is 4. The van der Waals surface area contributed by atoms with Gasteiger partial charge in [0.15, 0.2) is 0 Å². The molecule has 0 aliphatic heterocycles. The molecule has 0 aliphatic carbocycles. The molecule has 0 radical (unpaired) electrons. The van der Waals surface area contributed by atoms with Crippen molar-refractivity contribution in [2.24, 2.45) is 11.7 Å². The summed E-state index contributed by atoms with van der Waals surface area (Å²) in [6.07, 6.45) is 1.58. The Hall–Kier alpha value is -1.57. The van der Waals surface area contributed by atoms with Gasteiger partial charge in [-0.15, -0.1) is 0 Å². The maximum absolute atomic E-state index is 12.0. The number of carbonyl (C=O) groups excluding carboxylic acids is 1. The van der Waals surface area contributed by atoms with Crippen molar-refractivity contribution in [1.82, 2.24) is 15.1 Å². The van der Waals surface area contributed by atoms with Crippen LogP contribution in [0.1, 0.15) is 13.8 Å². The third-order valence-electron chi connectivity index (χ3n) is 2.26. The molecule has 0 unspecified atom stereocenters. The van der Waals surface area contributed by atoms with E-state index in [0.29, 0.717) is 35.7 Å². The van der Waals surface area contributed by atoms with Crippen molar-refractivity contribution in [3.05, 3.63) is 21.0 Å². The van der Waals surface area contributed by atoms with Gasteiger partial charge in [0.25, 0.3) is 5.56 Å². The van der Waals surface area contributed by atoms with E-state index in [9.17, 15) is 9.59 Å². The van der Waals surface area contributed by atoms with Crippen LogP contribution in [-0.2, 0) is 6.54 Å². The van der Waals surface area contributed by atoms with Gasteiger partial charge in [0, 0.05) is 19.6 Å². The summed E-state index contributed by atoms with van der Waals surface area (Å²) in [5.41, 5.74) is 5.35. The molecule has 1 aromatic heterocycles. The molecule has 0 saturated heterocycles. The van der Waals surface area contributed by atoms with Gasteiger partial charge in [-0.05, 0) is 21.8 Å². The Morgan fingerprint density at radius 1 is 1.53 bits per heavy atom. The molecule has 19 heavy (non-hydrogen) atoms. The molecule has 1 aromatic rings. The minimum absolute atomic E-state index is 0.179. The zero-order valence-electron chi connectivity index (χ0n) is 10.9. The molecule has 7 nitrogen and oxygen atoms in total. The van der Waals surface area contributed by atoms with Crippen molar-refractivity contribution in [2.45, 2.75) is 20.4 Å². The maximum Gasteiger partial charge on any atom is 0.312 e. The molecule has 8 heteroatoms. The first kappa shape index (κ1) is 15.5. The second-order valence-corrected chi connectivity index (χ2v) is 5.26. The Balaban J connectivity index is 2.68. The highest BCUT2D eigenvalue weighted by Gasteiger charge is 2.09. The summed E-state index contributed by atoms with van der Waals surface area (Å²) < 4.78 is 1.85. The van der Waals surface area contributed by atoms with Crippen LogP contribution in [0.5, 0.6) is 0 Å². The molecule has 1 heterocycles. The van der Waals surface area contributed by atoms with Crippen LogP contribution in [0.4, 0.5) is 10.5 Å². The second-order valence-electron chi connectivity index (χ2n) is 4.47. The third kappa shape index (κ3) is 4.90. The number of primary amides is 1. The molecule has 0 bridgehead atoms. The molecule has 4 N–H and O–H groups in total. The van der Waals surface area contributed by atoms with Gasteiger partial charge >= 0.3 is 6.03 Å². The van der Waals surface area contributed by atoms with Crippen molar-refractivity contribution >= 4 is 27.6 Å². The van der Waals surface area contributed by atoms with E-state index in [1.165, 1.54) is 4.68 Å². The fourth-order valence-corrected chi connectivity index (χ4v) is 1.89. The minimum Gasteiger partial charge on any atom is -0.381 e. The van der Waals surface area contributed by atoms with E-state index in [1.807, 2.05) is 13.8 Å². The molecular formula is C11H18BrN5O2. The Morgan fingerprint density at radius 2 is 2.21 bits per heavy atom. The van der Waals surface area contributed by atoms with E-state index >= 15 is 0 Å². The SMILES string of the molecule is CC(C)Cn1ncc(NCCNC(N)=O)c(Br)c1=O. The monoisotopic (exact) mass is 331 g/mol. The molecule has 0 aliphatic rings. The summed E-state index contributed by atoms with van der Waals surface area (Å²) >= 11 is 3.25. The van der Waals surface area contributed by atoms with Crippen LogP contribution in [0, 0.1) is 5.92 Å². The van der Waals surface area contributed by atoms with E-state index in [2.05, 4.69) is 31.7 Å². The molecule has 0 spiro atoms. The molecule has 0 aromatic carbocycles. The van der Waals surface area contributed by atoms with Crippen LogP contribution in [0.25, 0.3) is 0 Å². The predicted octanol–water partition coefficient (Wildman–Crippen LogP) is 0.742. The first-order chi connectivity index (χ1) is 8.91. The van der Waals surface area contributed by atoms with E-state index in [0.717, 1.165) is 0 Å². The van der Waals surface area contributed by atoms with Gasteiger partial charge in [-0.25, -0.2) is 9.48 Å². The van der Waals surface area contributed by atoms with Crippen molar-refractivity contribution < 1.29 is 4.79 Å². The molecule has 0 atom stereocenters. The summed E-state index contributed by atoms with van der Waals surface area (Å²) in [6, 6.07) is -0.577. The van der Waals surface area contributed by atoms with Gasteiger partial charge < -0.3 is 16.4 Å². The van der Waals surface area contributed by atoms with Crippen molar-refractivity contribution in [3.8, 4) is 0 Å². The summed E-state index contributed by atoms with van der Waals surface area (Å²) in [5.74, 6) is 0.343. The number of nitrogens with one attached hydrogen (secondary N) is 2. The first-order valence-corrected chi connectivity index (χ1v) is 6.74. The Bertz CT molecular complexity index is 500. The lowest BCUT2D eigenvalue weighted by molar-refractivity contribution is 0.249. The highest BCUT2D eigenvalue weighted by atomic mass is 79.9. The van der Waals surface area contributed by atoms with Crippen molar-refractivity contribution in [2.75, 3.05) is 18.4 Å². The number of nitrogens with two attached hydrogens (primary N) is 1. The third-order valence-corrected chi connectivity index (χ3v) is 3.03. The number of carbonyl (C=O) groups is 1. The van der Waals surface area contributed by atoms with Gasteiger partial charge in [0.2, 0.25) is 0 Å².